The molecule has 0 spiro atoms. The van der Waals surface area contributed by atoms with Crippen molar-refractivity contribution < 1.29 is 17.9 Å². The molecule has 1 heterocycles. The van der Waals surface area contributed by atoms with E-state index in [1.54, 1.807) is 0 Å². The average Bonchev–Trinajstić information content (AvgIpc) is 2.60. The van der Waals surface area contributed by atoms with E-state index in [1.807, 2.05) is 6.92 Å². The minimum Gasteiger partial charge on any atom is -0.381 e. The zero-order chi connectivity index (χ0) is 19.2. The molecule has 0 unspecified atom stereocenters. The molecule has 2 N–H and O–H groups in total. The third kappa shape index (κ3) is 7.23. The quantitative estimate of drug-likeness (QED) is 0.341. The van der Waals surface area contributed by atoms with Gasteiger partial charge in [0.15, 0.2) is 5.96 Å². The number of guanidine groups is 1. The fourth-order valence-corrected chi connectivity index (χ4v) is 3.80. The highest BCUT2D eigenvalue weighted by Gasteiger charge is 2.41. The first-order valence-electron chi connectivity index (χ1n) is 9.63. The highest BCUT2D eigenvalue weighted by atomic mass is 127. The van der Waals surface area contributed by atoms with Crippen molar-refractivity contribution >= 4 is 29.9 Å². The summed E-state index contributed by atoms with van der Waals surface area (Å²) >= 11 is 0. The SMILES string of the molecule is CCNC(=NCC1(N(C)C)CCOCC1)NC1CCC(C(F)(F)F)CC1.I. The first-order chi connectivity index (χ1) is 12.3. The molecule has 0 aromatic rings. The predicted molar refractivity (Wildman–Crippen MR) is 113 cm³/mol. The number of aliphatic imine (C=N–C) groups is 1. The maximum atomic E-state index is 12.8. The van der Waals surface area contributed by atoms with Crippen LogP contribution in [0.5, 0.6) is 0 Å². The van der Waals surface area contributed by atoms with Crippen molar-refractivity contribution in [1.29, 1.82) is 0 Å². The molecule has 0 radical (unpaired) electrons. The van der Waals surface area contributed by atoms with Crippen LogP contribution in [0.1, 0.15) is 45.4 Å². The highest BCUT2D eigenvalue weighted by molar-refractivity contribution is 14.0. The summed E-state index contributed by atoms with van der Waals surface area (Å²) in [6, 6.07) is 0.0522. The Hall–Kier alpha value is -0.290. The van der Waals surface area contributed by atoms with Gasteiger partial charge in [-0.25, -0.2) is 0 Å². The zero-order valence-electron chi connectivity index (χ0n) is 16.6. The van der Waals surface area contributed by atoms with Gasteiger partial charge in [-0.3, -0.25) is 4.99 Å². The van der Waals surface area contributed by atoms with Crippen LogP contribution in [-0.4, -0.2) is 69.0 Å². The van der Waals surface area contributed by atoms with E-state index >= 15 is 0 Å². The molecule has 5 nitrogen and oxygen atoms in total. The second kappa shape index (κ2) is 11.0. The van der Waals surface area contributed by atoms with Gasteiger partial charge in [-0.1, -0.05) is 0 Å². The molecule has 2 fully saturated rings. The number of rotatable bonds is 5. The number of nitrogens with one attached hydrogen (secondary N) is 2. The van der Waals surface area contributed by atoms with E-state index in [0.29, 0.717) is 25.3 Å². The summed E-state index contributed by atoms with van der Waals surface area (Å²) in [7, 11) is 4.14. The first-order valence-corrected chi connectivity index (χ1v) is 9.63. The van der Waals surface area contributed by atoms with Crippen molar-refractivity contribution in [2.75, 3.05) is 40.4 Å². The summed E-state index contributed by atoms with van der Waals surface area (Å²) in [4.78, 5) is 6.99. The van der Waals surface area contributed by atoms with E-state index in [4.69, 9.17) is 9.73 Å². The van der Waals surface area contributed by atoms with Crippen molar-refractivity contribution in [1.82, 2.24) is 15.5 Å². The highest BCUT2D eigenvalue weighted by Crippen LogP contribution is 2.37. The van der Waals surface area contributed by atoms with Gasteiger partial charge in [-0.05, 0) is 59.5 Å². The Kier molecular flexibility index (Phi) is 10.1. The molecular weight excluding hydrogens is 472 g/mol. The Morgan fingerprint density at radius 2 is 1.74 bits per heavy atom. The molecule has 0 bridgehead atoms. The molecule has 1 aliphatic heterocycles. The van der Waals surface area contributed by atoms with Crippen molar-refractivity contribution in [3.63, 3.8) is 0 Å². The Balaban J connectivity index is 0.00000364. The molecule has 1 aliphatic carbocycles. The molecule has 2 rings (SSSR count). The van der Waals surface area contributed by atoms with Crippen molar-refractivity contribution in [2.45, 2.75) is 63.2 Å². The summed E-state index contributed by atoms with van der Waals surface area (Å²) < 4.78 is 44.0. The maximum absolute atomic E-state index is 12.8. The monoisotopic (exact) mass is 506 g/mol. The topological polar surface area (TPSA) is 48.9 Å². The third-order valence-electron chi connectivity index (χ3n) is 5.78. The van der Waals surface area contributed by atoms with Gasteiger partial charge in [0.2, 0.25) is 0 Å². The van der Waals surface area contributed by atoms with E-state index in [0.717, 1.165) is 32.6 Å². The lowest BCUT2D eigenvalue weighted by molar-refractivity contribution is -0.182. The summed E-state index contributed by atoms with van der Waals surface area (Å²) in [5, 5.41) is 6.58. The van der Waals surface area contributed by atoms with Crippen LogP contribution in [0, 0.1) is 5.92 Å². The van der Waals surface area contributed by atoms with Crippen LogP contribution < -0.4 is 10.6 Å². The Morgan fingerprint density at radius 1 is 1.15 bits per heavy atom. The van der Waals surface area contributed by atoms with Crippen LogP contribution in [0.4, 0.5) is 13.2 Å². The van der Waals surface area contributed by atoms with E-state index < -0.39 is 12.1 Å². The Morgan fingerprint density at radius 3 is 2.22 bits per heavy atom. The number of hydrogen-bond donors (Lipinski definition) is 2. The lowest BCUT2D eigenvalue weighted by atomic mass is 9.85. The van der Waals surface area contributed by atoms with Crippen LogP contribution in [0.25, 0.3) is 0 Å². The van der Waals surface area contributed by atoms with Crippen molar-refractivity contribution in [3.05, 3.63) is 0 Å². The fourth-order valence-electron chi connectivity index (χ4n) is 3.80. The van der Waals surface area contributed by atoms with Crippen LogP contribution in [-0.2, 0) is 4.74 Å². The van der Waals surface area contributed by atoms with Crippen LogP contribution >= 0.6 is 24.0 Å². The van der Waals surface area contributed by atoms with Gasteiger partial charge in [-0.2, -0.15) is 13.2 Å². The molecule has 0 atom stereocenters. The zero-order valence-corrected chi connectivity index (χ0v) is 18.9. The third-order valence-corrected chi connectivity index (χ3v) is 5.78. The van der Waals surface area contributed by atoms with E-state index in [-0.39, 0.29) is 48.4 Å². The standard InChI is InChI=1S/C18H33F3N4O.HI/c1-4-22-16(23-13-17(25(2)3)9-11-26-12-10-17)24-15-7-5-14(6-8-15)18(19,20)21;/h14-15H,4-13H2,1-3H3,(H2,22,23,24);1H. The number of halogens is 4. The number of hydrogen-bond acceptors (Lipinski definition) is 3. The molecule has 2 aliphatic rings. The average molecular weight is 506 g/mol. The molecule has 1 saturated carbocycles. The van der Waals surface area contributed by atoms with E-state index in [1.165, 1.54) is 0 Å². The summed E-state index contributed by atoms with van der Waals surface area (Å²) in [5.74, 6) is -0.449. The molecule has 9 heteroatoms. The van der Waals surface area contributed by atoms with Crippen molar-refractivity contribution in [3.8, 4) is 0 Å². The van der Waals surface area contributed by atoms with Gasteiger partial charge in [-0.15, -0.1) is 24.0 Å². The van der Waals surface area contributed by atoms with E-state index in [2.05, 4.69) is 29.6 Å². The fraction of sp³-hybridized carbons (Fsp3) is 0.944. The predicted octanol–water partition coefficient (Wildman–Crippen LogP) is 3.39. The van der Waals surface area contributed by atoms with E-state index in [9.17, 15) is 13.2 Å². The summed E-state index contributed by atoms with van der Waals surface area (Å²) in [6.45, 7) is 4.84. The lowest BCUT2D eigenvalue weighted by Crippen LogP contribution is -2.52. The summed E-state index contributed by atoms with van der Waals surface area (Å²) in [5.41, 5.74) is -0.0193. The molecule has 0 aromatic carbocycles. The number of nitrogens with zero attached hydrogens (tertiary/aromatic N) is 2. The Labute approximate surface area is 177 Å². The van der Waals surface area contributed by atoms with Gasteiger partial charge in [0.1, 0.15) is 0 Å². The minimum atomic E-state index is -4.06. The maximum Gasteiger partial charge on any atom is 0.391 e. The van der Waals surface area contributed by atoms with Gasteiger partial charge >= 0.3 is 6.18 Å². The van der Waals surface area contributed by atoms with Gasteiger partial charge in [0, 0.05) is 31.3 Å². The lowest BCUT2D eigenvalue weighted by Gasteiger charge is -2.41. The first kappa shape index (κ1) is 24.7. The summed E-state index contributed by atoms with van der Waals surface area (Å²) in [6.07, 6.45) is -0.758. The Bertz CT molecular complexity index is 460. The number of likely N-dealkylation sites (N-methyl/N-ethyl adjacent to an activating group) is 1. The number of alkyl halides is 3. The smallest absolute Gasteiger partial charge is 0.381 e. The van der Waals surface area contributed by atoms with Crippen LogP contribution in [0.2, 0.25) is 0 Å². The van der Waals surface area contributed by atoms with Crippen molar-refractivity contribution in [2.24, 2.45) is 10.9 Å². The van der Waals surface area contributed by atoms with Crippen LogP contribution in [0.15, 0.2) is 4.99 Å². The van der Waals surface area contributed by atoms with Gasteiger partial charge in [0.05, 0.1) is 12.5 Å². The number of ether oxygens (including phenoxy) is 1. The van der Waals surface area contributed by atoms with Gasteiger partial charge < -0.3 is 20.3 Å². The second-order valence-electron chi connectivity index (χ2n) is 7.66. The largest absolute Gasteiger partial charge is 0.391 e. The molecule has 160 valence electrons. The molecular formula is C18H34F3IN4O. The molecule has 27 heavy (non-hydrogen) atoms. The molecule has 0 aromatic heterocycles. The van der Waals surface area contributed by atoms with Crippen LogP contribution in [0.3, 0.4) is 0 Å². The van der Waals surface area contributed by atoms with Gasteiger partial charge in [0.25, 0.3) is 0 Å². The molecule has 1 saturated heterocycles. The minimum absolute atomic E-state index is 0. The second-order valence-corrected chi connectivity index (χ2v) is 7.66. The normalized spacial score (nSPS) is 26.4. The molecule has 0 amide bonds.